The summed E-state index contributed by atoms with van der Waals surface area (Å²) in [6, 6.07) is 16.0. The van der Waals surface area contributed by atoms with Crippen molar-refractivity contribution < 1.29 is 33.4 Å². The molecule has 8 nitrogen and oxygen atoms in total. The number of imide groups is 1. The van der Waals surface area contributed by atoms with Crippen LogP contribution in [0, 0.1) is 11.8 Å². The largest absolute Gasteiger partial charge is 0.454 e. The van der Waals surface area contributed by atoms with Gasteiger partial charge < -0.3 is 9.47 Å². The number of Topliss-reactive ketones (excluding diaryl/α,β-unsaturated/α-hetero) is 1. The molecule has 2 aliphatic rings. The molecule has 4 unspecified atom stereocenters. The minimum atomic E-state index is -0.737. The first-order chi connectivity index (χ1) is 20.0. The predicted octanol–water partition coefficient (Wildman–Crippen LogP) is 6.68. The molecule has 1 saturated heterocycles. The van der Waals surface area contributed by atoms with Gasteiger partial charge in [0.1, 0.15) is 5.75 Å². The lowest BCUT2D eigenvalue weighted by Crippen LogP contribution is -2.34. The highest BCUT2D eigenvalue weighted by Crippen LogP contribution is 2.44. The summed E-state index contributed by atoms with van der Waals surface area (Å²) in [6.07, 6.45) is 1.12. The third-order valence-electron chi connectivity index (χ3n) is 7.15. The molecule has 2 fully saturated rings. The van der Waals surface area contributed by atoms with E-state index in [1.54, 1.807) is 0 Å². The van der Waals surface area contributed by atoms with Crippen LogP contribution < -0.4 is 9.64 Å². The third kappa shape index (κ3) is 6.32. The van der Waals surface area contributed by atoms with Gasteiger partial charge in [-0.3, -0.25) is 19.3 Å². The van der Waals surface area contributed by atoms with Gasteiger partial charge in [0.05, 0.1) is 38.7 Å². The van der Waals surface area contributed by atoms with Gasteiger partial charge in [-0.2, -0.15) is 0 Å². The van der Waals surface area contributed by atoms with Crippen molar-refractivity contribution in [1.29, 1.82) is 0 Å². The van der Waals surface area contributed by atoms with Gasteiger partial charge in [-0.1, -0.05) is 55.1 Å². The van der Waals surface area contributed by atoms with Crippen LogP contribution in [0.15, 0.2) is 66.7 Å². The maximum atomic E-state index is 13.0. The van der Waals surface area contributed by atoms with Crippen molar-refractivity contribution >= 4 is 90.3 Å². The van der Waals surface area contributed by atoms with Crippen LogP contribution in [-0.4, -0.2) is 45.8 Å². The second-order valence-electron chi connectivity index (χ2n) is 9.82. The molecule has 1 saturated carbocycles. The lowest BCUT2D eigenvalue weighted by molar-refractivity contribution is -0.122. The highest BCUT2D eigenvalue weighted by atomic mass is 79.9. The van der Waals surface area contributed by atoms with Gasteiger partial charge in [-0.25, -0.2) is 9.59 Å². The molecule has 4 atom stereocenters. The topological polar surface area (TPSA) is 107 Å². The number of hydrogen-bond acceptors (Lipinski definition) is 7. The van der Waals surface area contributed by atoms with Gasteiger partial charge in [0.2, 0.25) is 11.8 Å². The molecule has 1 aliphatic carbocycles. The van der Waals surface area contributed by atoms with Gasteiger partial charge in [-0.05, 0) is 79.6 Å². The summed E-state index contributed by atoms with van der Waals surface area (Å²) in [5.74, 6) is -2.90. The average Bonchev–Trinajstić information content (AvgIpc) is 3.21. The summed E-state index contributed by atoms with van der Waals surface area (Å²) in [7, 11) is 0. The van der Waals surface area contributed by atoms with E-state index in [0.717, 1.165) is 0 Å². The number of carbonyl (C=O) groups excluding carboxylic acids is 5. The first kappa shape index (κ1) is 30.4. The molecule has 0 radical (unpaired) electrons. The number of nitrogens with zero attached hydrogens (tertiary/aromatic N) is 1. The fraction of sp³-hybridized carbons (Fsp3) is 0.233. The van der Waals surface area contributed by atoms with Crippen molar-refractivity contribution in [3.8, 4) is 5.75 Å². The second-order valence-corrected chi connectivity index (χ2v) is 13.0. The molecule has 1 aliphatic heterocycles. The van der Waals surface area contributed by atoms with Crippen LogP contribution in [-0.2, 0) is 14.3 Å². The normalized spacial score (nSPS) is 21.6. The molecule has 12 heteroatoms. The molecule has 42 heavy (non-hydrogen) atoms. The number of fused-ring (bicyclic) bond motifs is 1. The van der Waals surface area contributed by atoms with E-state index in [9.17, 15) is 24.0 Å². The van der Waals surface area contributed by atoms with E-state index < -0.39 is 24.3 Å². The van der Waals surface area contributed by atoms with E-state index in [2.05, 4.69) is 31.9 Å². The van der Waals surface area contributed by atoms with Crippen molar-refractivity contribution in [1.82, 2.24) is 0 Å². The van der Waals surface area contributed by atoms with Crippen molar-refractivity contribution in [2.75, 3.05) is 11.5 Å². The Labute approximate surface area is 267 Å². The molecule has 5 rings (SSSR count). The Morgan fingerprint density at radius 2 is 1.29 bits per heavy atom. The average molecular weight is 738 g/mol. The summed E-state index contributed by atoms with van der Waals surface area (Å²) in [5, 5.41) is 0.524. The molecule has 3 aromatic carbocycles. The van der Waals surface area contributed by atoms with E-state index in [0.29, 0.717) is 23.6 Å². The second kappa shape index (κ2) is 12.7. The molecular formula is C30H21Br2Cl2NO7. The molecule has 0 spiro atoms. The number of ether oxygens (including phenoxy) is 2. The smallest absolute Gasteiger partial charge is 0.343 e. The highest BCUT2D eigenvalue weighted by Gasteiger charge is 2.52. The van der Waals surface area contributed by atoms with Crippen LogP contribution in [0.2, 0.25) is 10.0 Å². The molecule has 2 amide bonds. The molecule has 1 heterocycles. The lowest BCUT2D eigenvalue weighted by Gasteiger charge is -2.29. The van der Waals surface area contributed by atoms with E-state index in [4.69, 9.17) is 32.7 Å². The minimum Gasteiger partial charge on any atom is -0.454 e. The zero-order valence-electron chi connectivity index (χ0n) is 21.6. The van der Waals surface area contributed by atoms with Gasteiger partial charge in [0.15, 0.2) is 12.4 Å². The fourth-order valence-corrected chi connectivity index (χ4v) is 6.43. The molecule has 0 aromatic heterocycles. The summed E-state index contributed by atoms with van der Waals surface area (Å²) in [5.41, 5.74) is 0.996. The van der Waals surface area contributed by atoms with E-state index in [1.807, 2.05) is 0 Å². The summed E-state index contributed by atoms with van der Waals surface area (Å²) < 4.78 is 10.5. The number of anilines is 1. The summed E-state index contributed by atoms with van der Waals surface area (Å²) in [4.78, 5) is 64.9. The molecular weight excluding hydrogens is 717 g/mol. The van der Waals surface area contributed by atoms with Crippen molar-refractivity contribution in [2.45, 2.75) is 22.5 Å². The predicted molar refractivity (Wildman–Crippen MR) is 163 cm³/mol. The maximum Gasteiger partial charge on any atom is 0.343 e. The Balaban J connectivity index is 1.15. The monoisotopic (exact) mass is 735 g/mol. The molecule has 0 bridgehead atoms. The van der Waals surface area contributed by atoms with Crippen LogP contribution in [0.1, 0.15) is 43.9 Å². The zero-order chi connectivity index (χ0) is 30.1. The first-order valence-corrected chi connectivity index (χ1v) is 15.4. The number of benzene rings is 3. The molecule has 3 aromatic rings. The van der Waals surface area contributed by atoms with Crippen LogP contribution in [0.3, 0.4) is 0 Å². The minimum absolute atomic E-state index is 0.103. The molecule has 216 valence electrons. The number of halogens is 4. The molecule has 0 N–H and O–H groups in total. The van der Waals surface area contributed by atoms with Crippen molar-refractivity contribution in [3.05, 3.63) is 93.5 Å². The Morgan fingerprint density at radius 3 is 1.86 bits per heavy atom. The van der Waals surface area contributed by atoms with E-state index >= 15 is 0 Å². The number of hydrogen-bond donors (Lipinski definition) is 0. The number of ketones is 1. The number of amides is 2. The quantitative estimate of drug-likeness (QED) is 0.0876. The number of carbonyl (C=O) groups is 5. The summed E-state index contributed by atoms with van der Waals surface area (Å²) >= 11 is 19.0. The van der Waals surface area contributed by atoms with Gasteiger partial charge in [0, 0.05) is 15.2 Å². The SMILES string of the molecule is O=C(COC(=O)c1ccc(N2C(=O)C3CC(Br)C(Br)CC3C2=O)cc1)c1ccc(OC(=O)c2ccc(Cl)c(Cl)c2)cc1. The van der Waals surface area contributed by atoms with Gasteiger partial charge in [0.25, 0.3) is 0 Å². The fourth-order valence-electron chi connectivity index (χ4n) is 4.89. The third-order valence-corrected chi connectivity index (χ3v) is 10.6. The number of alkyl halides is 2. The van der Waals surface area contributed by atoms with Crippen LogP contribution in [0.4, 0.5) is 5.69 Å². The zero-order valence-corrected chi connectivity index (χ0v) is 26.3. The van der Waals surface area contributed by atoms with Crippen molar-refractivity contribution in [2.24, 2.45) is 11.8 Å². The van der Waals surface area contributed by atoms with Gasteiger partial charge >= 0.3 is 11.9 Å². The number of esters is 2. The maximum absolute atomic E-state index is 13.0. The van der Waals surface area contributed by atoms with Crippen molar-refractivity contribution in [3.63, 3.8) is 0 Å². The van der Waals surface area contributed by atoms with E-state index in [-0.39, 0.29) is 60.8 Å². The van der Waals surface area contributed by atoms with E-state index in [1.165, 1.54) is 71.6 Å². The van der Waals surface area contributed by atoms with Crippen LogP contribution in [0.5, 0.6) is 5.75 Å². The summed E-state index contributed by atoms with van der Waals surface area (Å²) in [6.45, 7) is -0.517. The van der Waals surface area contributed by atoms with Gasteiger partial charge in [-0.15, -0.1) is 0 Å². The van der Waals surface area contributed by atoms with Crippen LogP contribution >= 0.6 is 55.1 Å². The Bertz CT molecular complexity index is 1550. The lowest BCUT2D eigenvalue weighted by atomic mass is 9.81. The Kier molecular flexibility index (Phi) is 9.17. The Morgan fingerprint density at radius 1 is 0.738 bits per heavy atom. The first-order valence-electron chi connectivity index (χ1n) is 12.8. The Hall–Kier alpha value is -3.05. The highest BCUT2D eigenvalue weighted by molar-refractivity contribution is 9.12. The van der Waals surface area contributed by atoms with Crippen LogP contribution in [0.25, 0.3) is 0 Å². The standard InChI is InChI=1S/C30H21Br2Cl2NO7/c31-22-12-20-21(13-23(22)32)28(38)35(27(20)37)18-6-1-16(2-7-18)29(39)41-14-26(36)15-3-8-19(9-4-15)42-30(40)17-5-10-24(33)25(34)11-17/h1-11,20-23H,12-14H2. The number of rotatable bonds is 7.